The van der Waals surface area contributed by atoms with Crippen molar-refractivity contribution in [1.82, 2.24) is 19.9 Å². The van der Waals surface area contributed by atoms with Gasteiger partial charge in [-0.05, 0) is 25.9 Å². The van der Waals surface area contributed by atoms with Crippen molar-refractivity contribution in [2.24, 2.45) is 7.05 Å². The second kappa shape index (κ2) is 6.01. The lowest BCUT2D eigenvalue weighted by Gasteiger charge is -2.43. The third kappa shape index (κ3) is 2.82. The summed E-state index contributed by atoms with van der Waals surface area (Å²) in [7, 11) is 1.86. The first-order valence-electron chi connectivity index (χ1n) is 7.40. The molecule has 19 heavy (non-hydrogen) atoms. The second-order valence-corrected chi connectivity index (χ2v) is 5.59. The van der Waals surface area contributed by atoms with Gasteiger partial charge in [-0.2, -0.15) is 0 Å². The molecule has 5 heteroatoms. The fraction of sp³-hybridized carbons (Fsp3) is 0.857. The van der Waals surface area contributed by atoms with Gasteiger partial charge in [-0.15, -0.1) is 5.10 Å². The minimum atomic E-state index is -0.355. The normalized spacial score (nSPS) is 20.1. The lowest BCUT2D eigenvalue weighted by atomic mass is 9.85. The number of rotatable bonds is 6. The molecule has 0 spiro atoms. The summed E-state index contributed by atoms with van der Waals surface area (Å²) in [4.78, 5) is 2.43. The zero-order valence-electron chi connectivity index (χ0n) is 12.3. The Hall–Kier alpha value is -0.940. The van der Waals surface area contributed by atoms with Crippen LogP contribution in [0.4, 0.5) is 0 Å². The number of aliphatic hydroxyl groups excluding tert-OH is 1. The Morgan fingerprint density at radius 2 is 2.00 bits per heavy atom. The first kappa shape index (κ1) is 14.5. The summed E-state index contributed by atoms with van der Waals surface area (Å²) in [6.45, 7) is 6.35. The largest absolute Gasteiger partial charge is 0.391 e. The minimum Gasteiger partial charge on any atom is -0.391 e. The van der Waals surface area contributed by atoms with E-state index in [0.29, 0.717) is 6.42 Å². The van der Waals surface area contributed by atoms with E-state index in [1.54, 1.807) is 4.68 Å². The molecule has 0 saturated heterocycles. The molecule has 1 unspecified atom stereocenters. The van der Waals surface area contributed by atoms with E-state index in [1.807, 2.05) is 13.2 Å². The van der Waals surface area contributed by atoms with Gasteiger partial charge in [0.15, 0.2) is 0 Å². The lowest BCUT2D eigenvalue weighted by Crippen LogP contribution is -2.55. The van der Waals surface area contributed by atoms with Crippen LogP contribution in [0, 0.1) is 0 Å². The van der Waals surface area contributed by atoms with E-state index in [9.17, 15) is 5.11 Å². The van der Waals surface area contributed by atoms with Gasteiger partial charge in [-0.25, -0.2) is 0 Å². The first-order valence-corrected chi connectivity index (χ1v) is 7.40. The Balaban J connectivity index is 2.14. The molecular weight excluding hydrogens is 240 g/mol. The molecule has 1 saturated carbocycles. The van der Waals surface area contributed by atoms with E-state index in [0.717, 1.165) is 31.6 Å². The van der Waals surface area contributed by atoms with Gasteiger partial charge in [0, 0.05) is 25.2 Å². The molecule has 0 bridgehead atoms. The minimum absolute atomic E-state index is 0.0545. The van der Waals surface area contributed by atoms with Crippen LogP contribution in [0.5, 0.6) is 0 Å². The quantitative estimate of drug-likeness (QED) is 0.845. The topological polar surface area (TPSA) is 54.2 Å². The molecule has 108 valence electrons. The Morgan fingerprint density at radius 1 is 1.37 bits per heavy atom. The molecule has 1 aliphatic carbocycles. The lowest BCUT2D eigenvalue weighted by molar-refractivity contribution is -0.0249. The number of nitrogens with zero attached hydrogens (tertiary/aromatic N) is 4. The van der Waals surface area contributed by atoms with Gasteiger partial charge in [0.1, 0.15) is 0 Å². The molecular formula is C14H26N4O. The third-order valence-electron chi connectivity index (χ3n) is 4.54. The van der Waals surface area contributed by atoms with Crippen molar-refractivity contribution in [3.8, 4) is 0 Å². The van der Waals surface area contributed by atoms with Gasteiger partial charge in [0.05, 0.1) is 11.8 Å². The van der Waals surface area contributed by atoms with Crippen LogP contribution < -0.4 is 0 Å². The number of hydrogen-bond acceptors (Lipinski definition) is 4. The predicted molar refractivity (Wildman–Crippen MR) is 74.8 cm³/mol. The fourth-order valence-corrected chi connectivity index (χ4v) is 3.58. The molecule has 1 N–H and O–H groups in total. The molecule has 1 fully saturated rings. The van der Waals surface area contributed by atoms with E-state index in [4.69, 9.17) is 0 Å². The zero-order chi connectivity index (χ0) is 13.9. The maximum atomic E-state index is 10.8. The van der Waals surface area contributed by atoms with Gasteiger partial charge >= 0.3 is 0 Å². The summed E-state index contributed by atoms with van der Waals surface area (Å²) >= 11 is 0. The number of aryl methyl sites for hydroxylation is 1. The van der Waals surface area contributed by atoms with E-state index < -0.39 is 0 Å². The van der Waals surface area contributed by atoms with Gasteiger partial charge in [0.2, 0.25) is 0 Å². The van der Waals surface area contributed by atoms with Crippen LogP contribution in [0.2, 0.25) is 0 Å². The highest BCUT2D eigenvalue weighted by Crippen LogP contribution is 2.38. The fourth-order valence-electron chi connectivity index (χ4n) is 3.58. The van der Waals surface area contributed by atoms with Gasteiger partial charge < -0.3 is 5.11 Å². The first-order chi connectivity index (χ1) is 9.12. The Labute approximate surface area is 115 Å². The number of aromatic nitrogens is 3. The standard InChI is InChI=1S/C14H26N4O/c1-4-18(5-2)14(8-6-7-9-14)13(19)10-12-11-17(3)16-15-12/h11,13,19H,4-10H2,1-3H3. The molecule has 1 heterocycles. The number of likely N-dealkylation sites (N-methyl/N-ethyl adjacent to an activating group) is 1. The molecule has 5 nitrogen and oxygen atoms in total. The van der Waals surface area contributed by atoms with Crippen molar-refractivity contribution in [3.05, 3.63) is 11.9 Å². The summed E-state index contributed by atoms with van der Waals surface area (Å²) in [6, 6.07) is 0. The maximum absolute atomic E-state index is 10.8. The van der Waals surface area contributed by atoms with Gasteiger partial charge in [-0.3, -0.25) is 9.58 Å². The monoisotopic (exact) mass is 266 g/mol. The van der Waals surface area contributed by atoms with Crippen molar-refractivity contribution in [2.45, 2.75) is 57.6 Å². The molecule has 2 rings (SSSR count). The third-order valence-corrected chi connectivity index (χ3v) is 4.54. The van der Waals surface area contributed by atoms with Crippen molar-refractivity contribution >= 4 is 0 Å². The molecule has 1 aromatic rings. The average molecular weight is 266 g/mol. The van der Waals surface area contributed by atoms with Crippen molar-refractivity contribution in [3.63, 3.8) is 0 Å². The summed E-state index contributed by atoms with van der Waals surface area (Å²) in [6.07, 6.45) is 6.76. The van der Waals surface area contributed by atoms with Crippen molar-refractivity contribution in [1.29, 1.82) is 0 Å². The molecule has 1 aromatic heterocycles. The smallest absolute Gasteiger partial charge is 0.0853 e. The molecule has 0 radical (unpaired) electrons. The highest BCUT2D eigenvalue weighted by Gasteiger charge is 2.44. The van der Waals surface area contributed by atoms with Crippen LogP contribution in [0.3, 0.4) is 0 Å². The van der Waals surface area contributed by atoms with Gasteiger partial charge in [0.25, 0.3) is 0 Å². The van der Waals surface area contributed by atoms with Crippen LogP contribution in [0.25, 0.3) is 0 Å². The highest BCUT2D eigenvalue weighted by molar-refractivity contribution is 5.05. The van der Waals surface area contributed by atoms with Crippen LogP contribution in [-0.4, -0.2) is 49.7 Å². The number of hydrogen-bond donors (Lipinski definition) is 1. The number of aliphatic hydroxyl groups is 1. The van der Waals surface area contributed by atoms with Gasteiger partial charge in [-0.1, -0.05) is 31.9 Å². The SMILES string of the molecule is CCN(CC)C1(C(O)Cc2cn(C)nn2)CCCC1. The van der Waals surface area contributed by atoms with E-state index >= 15 is 0 Å². The van der Waals surface area contributed by atoms with E-state index in [2.05, 4.69) is 29.1 Å². The summed E-state index contributed by atoms with van der Waals surface area (Å²) in [5, 5.41) is 18.8. The molecule has 1 atom stereocenters. The molecule has 0 aromatic carbocycles. The Kier molecular flexibility index (Phi) is 4.58. The molecule has 1 aliphatic rings. The molecule has 0 aliphatic heterocycles. The van der Waals surface area contributed by atoms with Crippen LogP contribution in [0.15, 0.2) is 6.20 Å². The Bertz CT molecular complexity index is 394. The van der Waals surface area contributed by atoms with Crippen molar-refractivity contribution in [2.75, 3.05) is 13.1 Å². The van der Waals surface area contributed by atoms with Crippen LogP contribution in [0.1, 0.15) is 45.2 Å². The maximum Gasteiger partial charge on any atom is 0.0853 e. The Morgan fingerprint density at radius 3 is 2.47 bits per heavy atom. The van der Waals surface area contributed by atoms with Crippen molar-refractivity contribution < 1.29 is 5.11 Å². The zero-order valence-corrected chi connectivity index (χ0v) is 12.3. The van der Waals surface area contributed by atoms with Crippen LogP contribution in [-0.2, 0) is 13.5 Å². The summed E-state index contributed by atoms with van der Waals surface area (Å²) < 4.78 is 1.70. The average Bonchev–Trinajstić information content (AvgIpc) is 3.01. The van der Waals surface area contributed by atoms with Crippen LogP contribution >= 0.6 is 0 Å². The predicted octanol–water partition coefficient (Wildman–Crippen LogP) is 1.37. The van der Waals surface area contributed by atoms with E-state index in [1.165, 1.54) is 12.8 Å². The van der Waals surface area contributed by atoms with E-state index in [-0.39, 0.29) is 11.6 Å². The highest BCUT2D eigenvalue weighted by atomic mass is 16.3. The summed E-state index contributed by atoms with van der Waals surface area (Å²) in [5.74, 6) is 0. The second-order valence-electron chi connectivity index (χ2n) is 5.59. The summed E-state index contributed by atoms with van der Waals surface area (Å²) in [5.41, 5.74) is 0.828. The molecule has 0 amide bonds.